The molecule has 3 aromatic rings. The van der Waals surface area contributed by atoms with E-state index >= 15 is 0 Å². The molecule has 1 aliphatic heterocycles. The van der Waals surface area contributed by atoms with E-state index in [1.54, 1.807) is 0 Å². The number of fused-ring (bicyclic) bond motifs is 2. The van der Waals surface area contributed by atoms with Crippen LogP contribution in [-0.2, 0) is 13.2 Å². The van der Waals surface area contributed by atoms with Gasteiger partial charge >= 0.3 is 0 Å². The molecule has 0 saturated heterocycles. The van der Waals surface area contributed by atoms with Crippen molar-refractivity contribution in [3.8, 4) is 5.75 Å². The second-order valence-electron chi connectivity index (χ2n) is 5.27. The minimum Gasteiger partial charge on any atom is -0.485 e. The summed E-state index contributed by atoms with van der Waals surface area (Å²) in [4.78, 5) is 0. The number of para-hydroxylation sites is 1. The molecule has 2 heterocycles. The van der Waals surface area contributed by atoms with Gasteiger partial charge in [0.1, 0.15) is 18.5 Å². The lowest BCUT2D eigenvalue weighted by Crippen LogP contribution is -2.12. The number of hydrogen-bond donors (Lipinski definition) is 1. The van der Waals surface area contributed by atoms with Crippen LogP contribution in [0, 0.1) is 0 Å². The van der Waals surface area contributed by atoms with Crippen LogP contribution in [0.5, 0.6) is 5.75 Å². The minimum atomic E-state index is -0.798. The van der Waals surface area contributed by atoms with E-state index in [9.17, 15) is 5.11 Å². The number of aliphatic hydroxyl groups is 1. The fraction of sp³-hybridized carbons (Fsp3) is 0.176. The SMILES string of the molecule is OC(c1ccccc1)c1nnc2n1Cc1ccccc1OC2. The molecule has 0 fully saturated rings. The van der Waals surface area contributed by atoms with Crippen molar-refractivity contribution in [2.45, 2.75) is 19.3 Å². The van der Waals surface area contributed by atoms with Gasteiger partial charge in [-0.15, -0.1) is 10.2 Å². The van der Waals surface area contributed by atoms with Gasteiger partial charge in [-0.3, -0.25) is 0 Å². The first-order valence-corrected chi connectivity index (χ1v) is 7.18. The highest BCUT2D eigenvalue weighted by molar-refractivity contribution is 5.35. The Hall–Kier alpha value is -2.66. The molecular weight excluding hydrogens is 278 g/mol. The molecule has 1 unspecified atom stereocenters. The van der Waals surface area contributed by atoms with Gasteiger partial charge in [0, 0.05) is 5.56 Å². The molecule has 5 nitrogen and oxygen atoms in total. The zero-order valence-corrected chi connectivity index (χ0v) is 11.9. The molecule has 4 rings (SSSR count). The Morgan fingerprint density at radius 1 is 1.00 bits per heavy atom. The van der Waals surface area contributed by atoms with Gasteiger partial charge in [0.25, 0.3) is 0 Å². The molecule has 0 amide bonds. The third kappa shape index (κ3) is 2.16. The van der Waals surface area contributed by atoms with E-state index in [2.05, 4.69) is 10.2 Å². The number of benzene rings is 2. The summed E-state index contributed by atoms with van der Waals surface area (Å²) in [5.74, 6) is 2.12. The van der Waals surface area contributed by atoms with Crippen LogP contribution in [0.2, 0.25) is 0 Å². The third-order valence-corrected chi connectivity index (χ3v) is 3.87. The monoisotopic (exact) mass is 293 g/mol. The second-order valence-corrected chi connectivity index (χ2v) is 5.27. The Kier molecular flexibility index (Phi) is 3.12. The topological polar surface area (TPSA) is 60.2 Å². The molecule has 0 radical (unpaired) electrons. The fourth-order valence-corrected chi connectivity index (χ4v) is 2.70. The van der Waals surface area contributed by atoms with Crippen LogP contribution in [0.4, 0.5) is 0 Å². The lowest BCUT2D eigenvalue weighted by atomic mass is 10.1. The first-order valence-electron chi connectivity index (χ1n) is 7.18. The predicted molar refractivity (Wildman–Crippen MR) is 80.4 cm³/mol. The molecule has 1 N–H and O–H groups in total. The summed E-state index contributed by atoms with van der Waals surface area (Å²) in [6.07, 6.45) is -0.798. The van der Waals surface area contributed by atoms with E-state index in [1.165, 1.54) is 0 Å². The van der Waals surface area contributed by atoms with Crippen molar-refractivity contribution in [2.24, 2.45) is 0 Å². The van der Waals surface area contributed by atoms with Crippen LogP contribution >= 0.6 is 0 Å². The summed E-state index contributed by atoms with van der Waals surface area (Å²) in [6.45, 7) is 0.948. The van der Waals surface area contributed by atoms with Crippen LogP contribution in [0.15, 0.2) is 54.6 Å². The fourth-order valence-electron chi connectivity index (χ4n) is 2.70. The van der Waals surface area contributed by atoms with Crippen molar-refractivity contribution < 1.29 is 9.84 Å². The van der Waals surface area contributed by atoms with Gasteiger partial charge in [0.2, 0.25) is 0 Å². The maximum absolute atomic E-state index is 10.6. The molecule has 2 aromatic carbocycles. The van der Waals surface area contributed by atoms with Gasteiger partial charge in [-0.05, 0) is 11.6 Å². The number of nitrogens with zero attached hydrogens (tertiary/aromatic N) is 3. The maximum atomic E-state index is 10.6. The number of aliphatic hydroxyl groups excluding tert-OH is 1. The van der Waals surface area contributed by atoms with Crippen LogP contribution in [0.1, 0.15) is 28.9 Å². The number of hydrogen-bond acceptors (Lipinski definition) is 4. The van der Waals surface area contributed by atoms with E-state index < -0.39 is 6.10 Å². The van der Waals surface area contributed by atoms with E-state index in [4.69, 9.17) is 4.74 Å². The molecule has 1 aliphatic rings. The van der Waals surface area contributed by atoms with Crippen LogP contribution < -0.4 is 4.74 Å². The maximum Gasteiger partial charge on any atom is 0.171 e. The zero-order valence-electron chi connectivity index (χ0n) is 11.9. The van der Waals surface area contributed by atoms with Crippen molar-refractivity contribution >= 4 is 0 Å². The summed E-state index contributed by atoms with van der Waals surface area (Å²) >= 11 is 0. The van der Waals surface area contributed by atoms with Crippen molar-refractivity contribution in [1.82, 2.24) is 14.8 Å². The van der Waals surface area contributed by atoms with Crippen molar-refractivity contribution in [1.29, 1.82) is 0 Å². The summed E-state index contributed by atoms with van der Waals surface area (Å²) in [5.41, 5.74) is 1.86. The van der Waals surface area contributed by atoms with Gasteiger partial charge in [-0.2, -0.15) is 0 Å². The van der Waals surface area contributed by atoms with Gasteiger partial charge in [-0.25, -0.2) is 0 Å². The molecule has 110 valence electrons. The highest BCUT2D eigenvalue weighted by atomic mass is 16.5. The first kappa shape index (κ1) is 13.0. The van der Waals surface area contributed by atoms with E-state index in [1.807, 2.05) is 59.2 Å². The lowest BCUT2D eigenvalue weighted by molar-refractivity contribution is 0.204. The molecular formula is C17H15N3O2. The summed E-state index contributed by atoms with van der Waals surface area (Å²) in [7, 11) is 0. The van der Waals surface area contributed by atoms with Gasteiger partial charge < -0.3 is 14.4 Å². The van der Waals surface area contributed by atoms with Crippen molar-refractivity contribution in [3.63, 3.8) is 0 Å². The second kappa shape index (κ2) is 5.27. The first-order chi connectivity index (χ1) is 10.8. The molecule has 0 aliphatic carbocycles. The van der Waals surface area contributed by atoms with Gasteiger partial charge in [-0.1, -0.05) is 48.5 Å². The number of rotatable bonds is 2. The summed E-state index contributed by atoms with van der Waals surface area (Å²) in [6, 6.07) is 17.4. The van der Waals surface area contributed by atoms with Gasteiger partial charge in [0.15, 0.2) is 11.6 Å². The van der Waals surface area contributed by atoms with E-state index in [0.29, 0.717) is 19.0 Å². The van der Waals surface area contributed by atoms with Crippen LogP contribution in [0.25, 0.3) is 0 Å². The quantitative estimate of drug-likeness (QED) is 0.787. The smallest absolute Gasteiger partial charge is 0.171 e. The third-order valence-electron chi connectivity index (χ3n) is 3.87. The zero-order chi connectivity index (χ0) is 14.9. The Balaban J connectivity index is 1.75. The Morgan fingerprint density at radius 2 is 1.77 bits per heavy atom. The molecule has 0 spiro atoms. The molecule has 5 heteroatoms. The van der Waals surface area contributed by atoms with E-state index in [0.717, 1.165) is 22.7 Å². The standard InChI is InChI=1S/C17H15N3O2/c21-16(12-6-2-1-3-7-12)17-19-18-15-11-22-14-9-5-4-8-13(14)10-20(15)17/h1-9,16,21H,10-11H2. The van der Waals surface area contributed by atoms with Gasteiger partial charge in [0.05, 0.1) is 6.54 Å². The number of ether oxygens (including phenoxy) is 1. The van der Waals surface area contributed by atoms with Crippen molar-refractivity contribution in [2.75, 3.05) is 0 Å². The Labute approximate surface area is 127 Å². The van der Waals surface area contributed by atoms with Crippen molar-refractivity contribution in [3.05, 3.63) is 77.4 Å². The Bertz CT molecular complexity index is 799. The molecule has 0 bridgehead atoms. The lowest BCUT2D eigenvalue weighted by Gasteiger charge is -2.13. The average molecular weight is 293 g/mol. The highest BCUT2D eigenvalue weighted by Crippen LogP contribution is 2.27. The molecule has 1 aromatic heterocycles. The molecule has 0 saturated carbocycles. The van der Waals surface area contributed by atoms with Crippen LogP contribution in [-0.4, -0.2) is 19.9 Å². The largest absolute Gasteiger partial charge is 0.485 e. The number of aromatic nitrogens is 3. The summed E-state index contributed by atoms with van der Waals surface area (Å²) in [5, 5.41) is 19.0. The van der Waals surface area contributed by atoms with Crippen LogP contribution in [0.3, 0.4) is 0 Å². The highest BCUT2D eigenvalue weighted by Gasteiger charge is 2.23. The predicted octanol–water partition coefficient (Wildman–Crippen LogP) is 2.30. The summed E-state index contributed by atoms with van der Waals surface area (Å²) < 4.78 is 7.70. The van der Waals surface area contributed by atoms with E-state index in [-0.39, 0.29) is 0 Å². The average Bonchev–Trinajstić information content (AvgIpc) is 2.87. The Morgan fingerprint density at radius 3 is 2.64 bits per heavy atom. The normalized spacial score (nSPS) is 14.4. The minimum absolute atomic E-state index is 0.353. The molecule has 1 atom stereocenters. The molecule has 22 heavy (non-hydrogen) atoms.